The quantitative estimate of drug-likeness (QED) is 0.401. The molecule has 5 nitrogen and oxygen atoms in total. The Kier molecular flexibility index (Phi) is 8.51. The summed E-state index contributed by atoms with van der Waals surface area (Å²) < 4.78 is 8.40. The average molecular weight is 422 g/mol. The summed E-state index contributed by atoms with van der Waals surface area (Å²) in [5.41, 5.74) is 4.73. The van der Waals surface area contributed by atoms with Gasteiger partial charge in [-0.25, -0.2) is 4.98 Å². The third-order valence-corrected chi connectivity index (χ3v) is 5.79. The minimum Gasteiger partial charge on any atom is -0.493 e. The summed E-state index contributed by atoms with van der Waals surface area (Å²) in [6, 6.07) is 14.6. The number of aryl methyl sites for hydroxylation is 3. The number of nitrogens with one attached hydrogen (secondary N) is 1. The zero-order valence-corrected chi connectivity index (χ0v) is 19.1. The molecule has 0 spiro atoms. The lowest BCUT2D eigenvalue weighted by molar-refractivity contribution is -0.120. The number of benzene rings is 2. The molecular formula is C26H35N3O2. The van der Waals surface area contributed by atoms with Gasteiger partial charge in [-0.1, -0.05) is 37.6 Å². The number of aromatic nitrogens is 2. The third-order valence-electron chi connectivity index (χ3n) is 5.79. The fourth-order valence-corrected chi connectivity index (χ4v) is 3.79. The van der Waals surface area contributed by atoms with E-state index in [4.69, 9.17) is 9.72 Å². The van der Waals surface area contributed by atoms with Crippen LogP contribution in [0, 0.1) is 13.8 Å². The number of para-hydroxylation sites is 2. The van der Waals surface area contributed by atoms with E-state index in [1.54, 1.807) is 0 Å². The molecular weight excluding hydrogens is 386 g/mol. The summed E-state index contributed by atoms with van der Waals surface area (Å²) in [7, 11) is 0. The van der Waals surface area contributed by atoms with E-state index < -0.39 is 0 Å². The third kappa shape index (κ3) is 6.33. The second-order valence-electron chi connectivity index (χ2n) is 8.08. The molecule has 0 aliphatic rings. The number of unbranched alkanes of at least 4 members (excludes halogenated alkanes) is 2. The van der Waals surface area contributed by atoms with Crippen LogP contribution < -0.4 is 10.1 Å². The molecule has 0 saturated carbocycles. The molecule has 3 rings (SSSR count). The predicted octanol–water partition coefficient (Wildman–Crippen LogP) is 5.36. The van der Waals surface area contributed by atoms with Crippen molar-refractivity contribution in [3.63, 3.8) is 0 Å². The van der Waals surface area contributed by atoms with E-state index in [9.17, 15) is 4.79 Å². The number of nitrogens with zero attached hydrogens (tertiary/aromatic N) is 2. The minimum absolute atomic E-state index is 0.130. The van der Waals surface area contributed by atoms with Gasteiger partial charge in [0.25, 0.3) is 0 Å². The lowest BCUT2D eigenvalue weighted by Gasteiger charge is -2.13. The molecule has 0 bridgehead atoms. The first-order chi connectivity index (χ1) is 15.1. The van der Waals surface area contributed by atoms with Gasteiger partial charge in [0.2, 0.25) is 5.91 Å². The van der Waals surface area contributed by atoms with Gasteiger partial charge in [0.15, 0.2) is 0 Å². The van der Waals surface area contributed by atoms with Crippen molar-refractivity contribution in [2.45, 2.75) is 65.8 Å². The highest BCUT2D eigenvalue weighted by Crippen LogP contribution is 2.22. The molecule has 31 heavy (non-hydrogen) atoms. The van der Waals surface area contributed by atoms with Gasteiger partial charge in [0.05, 0.1) is 17.6 Å². The number of hydrogen-bond donors (Lipinski definition) is 1. The molecule has 0 aliphatic carbocycles. The van der Waals surface area contributed by atoms with Gasteiger partial charge in [-0.2, -0.15) is 0 Å². The number of carbonyl (C=O) groups excluding carboxylic acids is 1. The second kappa shape index (κ2) is 11.5. The molecule has 0 unspecified atom stereocenters. The summed E-state index contributed by atoms with van der Waals surface area (Å²) in [6.07, 6.45) is 5.61. The van der Waals surface area contributed by atoms with Crippen molar-refractivity contribution in [3.05, 3.63) is 59.4 Å². The van der Waals surface area contributed by atoms with Crippen LogP contribution in [-0.4, -0.2) is 28.6 Å². The van der Waals surface area contributed by atoms with E-state index in [-0.39, 0.29) is 5.91 Å². The number of hydrogen-bond acceptors (Lipinski definition) is 3. The number of amides is 1. The SMILES string of the molecule is CCC(=O)NCCCCCc1nc2ccccc2n1CCCOc1cccc(C)c1C. The Morgan fingerprint density at radius 3 is 2.71 bits per heavy atom. The van der Waals surface area contributed by atoms with Gasteiger partial charge in [-0.3, -0.25) is 4.79 Å². The van der Waals surface area contributed by atoms with Crippen LogP contribution in [0.15, 0.2) is 42.5 Å². The molecule has 3 aromatic rings. The second-order valence-corrected chi connectivity index (χ2v) is 8.08. The van der Waals surface area contributed by atoms with E-state index in [0.29, 0.717) is 13.0 Å². The summed E-state index contributed by atoms with van der Waals surface area (Å²) in [4.78, 5) is 16.2. The van der Waals surface area contributed by atoms with Gasteiger partial charge >= 0.3 is 0 Å². The maximum absolute atomic E-state index is 11.3. The molecule has 0 saturated heterocycles. The Morgan fingerprint density at radius 2 is 1.87 bits per heavy atom. The normalized spacial score (nSPS) is 11.1. The molecule has 1 N–H and O–H groups in total. The van der Waals surface area contributed by atoms with Crippen LogP contribution >= 0.6 is 0 Å². The smallest absolute Gasteiger partial charge is 0.219 e. The topological polar surface area (TPSA) is 56.2 Å². The number of imidazole rings is 1. The first-order valence-corrected chi connectivity index (χ1v) is 11.5. The Bertz CT molecular complexity index is 993. The van der Waals surface area contributed by atoms with Gasteiger partial charge in [0.1, 0.15) is 11.6 Å². The highest BCUT2D eigenvalue weighted by Gasteiger charge is 2.10. The standard InChI is InChI=1S/C26H35N3O2/c1-4-26(30)27-17-9-5-6-16-25-28-22-13-7-8-14-23(22)29(25)18-11-19-31-24-15-10-12-20(2)21(24)3/h7-8,10,12-15H,4-6,9,11,16-19H2,1-3H3,(H,27,30). The van der Waals surface area contributed by atoms with Crippen molar-refractivity contribution in [2.75, 3.05) is 13.2 Å². The van der Waals surface area contributed by atoms with Crippen LogP contribution in [0.4, 0.5) is 0 Å². The highest BCUT2D eigenvalue weighted by molar-refractivity contribution is 5.76. The van der Waals surface area contributed by atoms with E-state index in [0.717, 1.165) is 62.3 Å². The van der Waals surface area contributed by atoms with Gasteiger partial charge in [0, 0.05) is 25.9 Å². The van der Waals surface area contributed by atoms with E-state index in [1.807, 2.05) is 25.1 Å². The van der Waals surface area contributed by atoms with Crippen molar-refractivity contribution in [3.8, 4) is 5.75 Å². The minimum atomic E-state index is 0.130. The predicted molar refractivity (Wildman–Crippen MR) is 127 cm³/mol. The van der Waals surface area contributed by atoms with Crippen molar-refractivity contribution < 1.29 is 9.53 Å². The molecule has 1 aromatic heterocycles. The van der Waals surface area contributed by atoms with Gasteiger partial charge in [-0.05, 0) is 62.4 Å². The van der Waals surface area contributed by atoms with Crippen LogP contribution in [0.2, 0.25) is 0 Å². The van der Waals surface area contributed by atoms with Crippen molar-refractivity contribution in [1.82, 2.24) is 14.9 Å². The summed E-state index contributed by atoms with van der Waals surface area (Å²) in [6.45, 7) is 8.45. The molecule has 0 fully saturated rings. The summed E-state index contributed by atoms with van der Waals surface area (Å²) in [5, 5.41) is 2.95. The number of fused-ring (bicyclic) bond motifs is 1. The van der Waals surface area contributed by atoms with Crippen LogP contribution in [0.1, 0.15) is 56.0 Å². The number of rotatable bonds is 12. The molecule has 0 aliphatic heterocycles. The Hall–Kier alpha value is -2.82. The lowest BCUT2D eigenvalue weighted by Crippen LogP contribution is -2.23. The van der Waals surface area contributed by atoms with Gasteiger partial charge < -0.3 is 14.6 Å². The van der Waals surface area contributed by atoms with Crippen LogP contribution in [0.5, 0.6) is 5.75 Å². The Labute approximate surface area is 185 Å². The van der Waals surface area contributed by atoms with E-state index in [2.05, 4.69) is 48.0 Å². The summed E-state index contributed by atoms with van der Waals surface area (Å²) in [5.74, 6) is 2.25. The van der Waals surface area contributed by atoms with E-state index in [1.165, 1.54) is 16.6 Å². The van der Waals surface area contributed by atoms with Crippen LogP contribution in [-0.2, 0) is 17.8 Å². The van der Waals surface area contributed by atoms with E-state index >= 15 is 0 Å². The molecule has 5 heteroatoms. The number of carbonyl (C=O) groups is 1. The fourth-order valence-electron chi connectivity index (χ4n) is 3.79. The molecule has 0 atom stereocenters. The zero-order valence-electron chi connectivity index (χ0n) is 19.1. The average Bonchev–Trinajstić information content (AvgIpc) is 3.13. The molecule has 1 heterocycles. The lowest BCUT2D eigenvalue weighted by atomic mass is 10.1. The van der Waals surface area contributed by atoms with Crippen molar-refractivity contribution in [2.24, 2.45) is 0 Å². The monoisotopic (exact) mass is 421 g/mol. The van der Waals surface area contributed by atoms with Crippen molar-refractivity contribution in [1.29, 1.82) is 0 Å². The molecule has 1 amide bonds. The van der Waals surface area contributed by atoms with Crippen LogP contribution in [0.3, 0.4) is 0 Å². The summed E-state index contributed by atoms with van der Waals surface area (Å²) >= 11 is 0. The first kappa shape index (κ1) is 22.9. The maximum Gasteiger partial charge on any atom is 0.219 e. The Balaban J connectivity index is 1.54. The largest absolute Gasteiger partial charge is 0.493 e. The van der Waals surface area contributed by atoms with Crippen LogP contribution in [0.25, 0.3) is 11.0 Å². The highest BCUT2D eigenvalue weighted by atomic mass is 16.5. The maximum atomic E-state index is 11.3. The number of ether oxygens (including phenoxy) is 1. The van der Waals surface area contributed by atoms with Gasteiger partial charge in [-0.15, -0.1) is 0 Å². The first-order valence-electron chi connectivity index (χ1n) is 11.5. The molecule has 166 valence electrons. The van der Waals surface area contributed by atoms with Crippen molar-refractivity contribution >= 4 is 16.9 Å². The fraction of sp³-hybridized carbons (Fsp3) is 0.462. The zero-order chi connectivity index (χ0) is 22.1. The molecule has 2 aromatic carbocycles. The molecule has 0 radical (unpaired) electrons. The Morgan fingerprint density at radius 1 is 1.03 bits per heavy atom.